The third-order valence-corrected chi connectivity index (χ3v) is 4.55. The molecule has 0 saturated heterocycles. The number of aliphatic hydroxyl groups is 1. The summed E-state index contributed by atoms with van der Waals surface area (Å²) in [6.45, 7) is 0.347. The summed E-state index contributed by atoms with van der Waals surface area (Å²) in [5, 5.41) is 9.71. The molecule has 0 radical (unpaired) electrons. The van der Waals surface area contributed by atoms with E-state index in [9.17, 15) is 5.11 Å². The number of rotatable bonds is 3. The summed E-state index contributed by atoms with van der Waals surface area (Å²) in [5.74, 6) is 1.64. The summed E-state index contributed by atoms with van der Waals surface area (Å²) in [6.07, 6.45) is 9.83. The third-order valence-electron chi connectivity index (χ3n) is 4.55. The topological polar surface area (TPSA) is 33.4 Å². The number of hydrogen-bond donors (Lipinski definition) is 1. The van der Waals surface area contributed by atoms with Crippen LogP contribution in [0.3, 0.4) is 0 Å². The highest BCUT2D eigenvalue weighted by atomic mass is 16.3. The van der Waals surface area contributed by atoms with Gasteiger partial charge in [-0.05, 0) is 49.1 Å². The molecular formula is C13H18O2. The molecule has 2 saturated carbocycles. The second-order valence-electron chi connectivity index (χ2n) is 5.41. The quantitative estimate of drug-likeness (QED) is 0.824. The molecule has 2 fully saturated rings. The van der Waals surface area contributed by atoms with E-state index in [0.29, 0.717) is 6.61 Å². The maximum atomic E-state index is 9.71. The molecule has 1 N–H and O–H groups in total. The summed E-state index contributed by atoms with van der Waals surface area (Å²) in [6, 6.07) is 2.03. The standard InChI is InChI=1S/C13H18O2/c14-9-13(7-11-3-4-15-8-11)6-10-1-2-12(13)5-10/h3-4,8,10,12,14H,1-2,5-7,9H2. The van der Waals surface area contributed by atoms with E-state index in [-0.39, 0.29) is 5.41 Å². The fourth-order valence-electron chi connectivity index (χ4n) is 3.82. The van der Waals surface area contributed by atoms with E-state index in [0.717, 1.165) is 18.3 Å². The molecule has 2 bridgehead atoms. The monoisotopic (exact) mass is 206 g/mol. The molecule has 82 valence electrons. The predicted octanol–water partition coefficient (Wildman–Crippen LogP) is 2.62. The molecule has 1 aromatic heterocycles. The Morgan fingerprint density at radius 3 is 2.93 bits per heavy atom. The van der Waals surface area contributed by atoms with Crippen LogP contribution in [0.5, 0.6) is 0 Å². The molecule has 2 nitrogen and oxygen atoms in total. The minimum atomic E-state index is 0.173. The average Bonchev–Trinajstić information content (AvgIpc) is 2.93. The number of fused-ring (bicyclic) bond motifs is 2. The van der Waals surface area contributed by atoms with Crippen LogP contribution in [0.1, 0.15) is 31.2 Å². The van der Waals surface area contributed by atoms with Crippen LogP contribution in [0.15, 0.2) is 23.0 Å². The van der Waals surface area contributed by atoms with E-state index in [2.05, 4.69) is 0 Å². The van der Waals surface area contributed by atoms with Gasteiger partial charge >= 0.3 is 0 Å². The Bertz CT molecular complexity index is 330. The van der Waals surface area contributed by atoms with Crippen molar-refractivity contribution >= 4 is 0 Å². The van der Waals surface area contributed by atoms with Crippen LogP contribution in [-0.4, -0.2) is 11.7 Å². The van der Waals surface area contributed by atoms with Crippen molar-refractivity contribution in [3.8, 4) is 0 Å². The van der Waals surface area contributed by atoms with Crippen LogP contribution in [0, 0.1) is 17.3 Å². The highest BCUT2D eigenvalue weighted by Crippen LogP contribution is 2.57. The largest absolute Gasteiger partial charge is 0.472 e. The molecule has 3 atom stereocenters. The number of furan rings is 1. The molecule has 0 aromatic carbocycles. The molecule has 15 heavy (non-hydrogen) atoms. The van der Waals surface area contributed by atoms with Crippen LogP contribution in [0.2, 0.25) is 0 Å². The first kappa shape index (κ1) is 9.46. The fourth-order valence-corrected chi connectivity index (χ4v) is 3.82. The van der Waals surface area contributed by atoms with Crippen molar-refractivity contribution in [1.29, 1.82) is 0 Å². The van der Waals surface area contributed by atoms with Gasteiger partial charge in [0, 0.05) is 12.0 Å². The third kappa shape index (κ3) is 1.43. The molecule has 3 rings (SSSR count). The van der Waals surface area contributed by atoms with Gasteiger partial charge in [0.1, 0.15) is 0 Å². The molecule has 0 amide bonds. The van der Waals surface area contributed by atoms with E-state index < -0.39 is 0 Å². The van der Waals surface area contributed by atoms with Gasteiger partial charge in [-0.15, -0.1) is 0 Å². The summed E-state index contributed by atoms with van der Waals surface area (Å²) in [4.78, 5) is 0. The van der Waals surface area contributed by atoms with Crippen molar-refractivity contribution in [2.45, 2.75) is 32.1 Å². The van der Waals surface area contributed by atoms with Crippen molar-refractivity contribution in [1.82, 2.24) is 0 Å². The van der Waals surface area contributed by atoms with Crippen LogP contribution in [-0.2, 0) is 6.42 Å². The molecule has 0 aliphatic heterocycles. The first-order chi connectivity index (χ1) is 7.32. The van der Waals surface area contributed by atoms with Gasteiger partial charge < -0.3 is 9.52 Å². The van der Waals surface area contributed by atoms with Gasteiger partial charge in [-0.3, -0.25) is 0 Å². The minimum absolute atomic E-state index is 0.173. The molecule has 2 aliphatic carbocycles. The van der Waals surface area contributed by atoms with Gasteiger partial charge in [-0.1, -0.05) is 6.42 Å². The van der Waals surface area contributed by atoms with Crippen molar-refractivity contribution in [2.75, 3.05) is 6.61 Å². The molecule has 0 spiro atoms. The zero-order valence-corrected chi connectivity index (χ0v) is 8.98. The lowest BCUT2D eigenvalue weighted by Crippen LogP contribution is -2.33. The lowest BCUT2D eigenvalue weighted by molar-refractivity contribution is 0.0650. The van der Waals surface area contributed by atoms with Gasteiger partial charge in [0.25, 0.3) is 0 Å². The molecule has 2 aliphatic rings. The molecular weight excluding hydrogens is 188 g/mol. The van der Waals surface area contributed by atoms with Gasteiger partial charge in [-0.2, -0.15) is 0 Å². The van der Waals surface area contributed by atoms with Crippen LogP contribution < -0.4 is 0 Å². The summed E-state index contributed by atoms with van der Waals surface area (Å²) in [7, 11) is 0. The molecule has 2 heteroatoms. The Hall–Kier alpha value is -0.760. The second-order valence-corrected chi connectivity index (χ2v) is 5.41. The van der Waals surface area contributed by atoms with Gasteiger partial charge in [-0.25, -0.2) is 0 Å². The van der Waals surface area contributed by atoms with E-state index >= 15 is 0 Å². The first-order valence-electron chi connectivity index (χ1n) is 5.94. The zero-order valence-electron chi connectivity index (χ0n) is 8.98. The smallest absolute Gasteiger partial charge is 0.0934 e. The molecule has 3 unspecified atom stereocenters. The van der Waals surface area contributed by atoms with Gasteiger partial charge in [0.2, 0.25) is 0 Å². The first-order valence-corrected chi connectivity index (χ1v) is 5.94. The Morgan fingerprint density at radius 1 is 1.47 bits per heavy atom. The summed E-state index contributed by atoms with van der Waals surface area (Å²) < 4.78 is 5.11. The lowest BCUT2D eigenvalue weighted by Gasteiger charge is -2.35. The summed E-state index contributed by atoms with van der Waals surface area (Å²) in [5.41, 5.74) is 1.42. The number of hydrogen-bond acceptors (Lipinski definition) is 2. The highest BCUT2D eigenvalue weighted by molar-refractivity contribution is 5.13. The molecule has 1 heterocycles. The van der Waals surface area contributed by atoms with Crippen molar-refractivity contribution in [2.24, 2.45) is 17.3 Å². The SMILES string of the molecule is OCC1(Cc2ccoc2)CC2CCC1C2. The van der Waals surface area contributed by atoms with Gasteiger partial charge in [0.05, 0.1) is 12.5 Å². The van der Waals surface area contributed by atoms with Crippen molar-refractivity contribution in [3.05, 3.63) is 24.2 Å². The Kier molecular flexibility index (Phi) is 2.13. The van der Waals surface area contributed by atoms with Gasteiger partial charge in [0.15, 0.2) is 0 Å². The van der Waals surface area contributed by atoms with Crippen molar-refractivity contribution in [3.63, 3.8) is 0 Å². The fraction of sp³-hybridized carbons (Fsp3) is 0.692. The Morgan fingerprint density at radius 2 is 2.40 bits per heavy atom. The Labute approximate surface area is 90.3 Å². The van der Waals surface area contributed by atoms with Crippen LogP contribution in [0.4, 0.5) is 0 Å². The zero-order chi connectivity index (χ0) is 10.3. The lowest BCUT2D eigenvalue weighted by atomic mass is 9.70. The Balaban J connectivity index is 1.82. The van der Waals surface area contributed by atoms with Crippen molar-refractivity contribution < 1.29 is 9.52 Å². The maximum absolute atomic E-state index is 9.71. The average molecular weight is 206 g/mol. The second kappa shape index (κ2) is 3.38. The van der Waals surface area contributed by atoms with E-state index in [4.69, 9.17) is 4.42 Å². The normalized spacial score (nSPS) is 38.7. The van der Waals surface area contributed by atoms with E-state index in [1.165, 1.54) is 31.2 Å². The minimum Gasteiger partial charge on any atom is -0.472 e. The van der Waals surface area contributed by atoms with Crippen LogP contribution >= 0.6 is 0 Å². The number of aliphatic hydroxyl groups excluding tert-OH is 1. The van der Waals surface area contributed by atoms with E-state index in [1.807, 2.05) is 12.3 Å². The highest BCUT2D eigenvalue weighted by Gasteiger charge is 2.50. The summed E-state index contributed by atoms with van der Waals surface area (Å²) >= 11 is 0. The predicted molar refractivity (Wildman–Crippen MR) is 57.4 cm³/mol. The maximum Gasteiger partial charge on any atom is 0.0934 e. The van der Waals surface area contributed by atoms with E-state index in [1.54, 1.807) is 6.26 Å². The van der Waals surface area contributed by atoms with Crippen LogP contribution in [0.25, 0.3) is 0 Å². The molecule has 1 aromatic rings.